The number of unbranched alkanes of at least 4 members (excludes halogenated alkanes) is 26. The molecule has 0 atom stereocenters. The molecule has 1 aromatic carbocycles. The van der Waals surface area contributed by atoms with E-state index in [0.717, 1.165) is 37.2 Å². The van der Waals surface area contributed by atoms with Crippen molar-refractivity contribution in [2.75, 3.05) is 32.8 Å². The van der Waals surface area contributed by atoms with E-state index in [1.165, 1.54) is 167 Å². The fraction of sp³-hybridized carbons (Fsp3) is 0.837. The zero-order valence-electron chi connectivity index (χ0n) is 32.1. The van der Waals surface area contributed by atoms with E-state index >= 15 is 0 Å². The summed E-state index contributed by atoms with van der Waals surface area (Å²) in [5.41, 5.74) is 1.14. The van der Waals surface area contributed by atoms with Gasteiger partial charge in [-0.25, -0.2) is 0 Å². The van der Waals surface area contributed by atoms with Crippen LogP contribution >= 0.6 is 0 Å². The first kappa shape index (κ1) is 44.4. The highest BCUT2D eigenvalue weighted by molar-refractivity contribution is 5.77. The van der Waals surface area contributed by atoms with Gasteiger partial charge in [-0.15, -0.1) is 0 Å². The first-order chi connectivity index (χ1) is 23.7. The molecule has 0 fully saturated rings. The topological polar surface area (TPSA) is 61.8 Å². The van der Waals surface area contributed by atoms with Crippen molar-refractivity contribution in [3.8, 4) is 5.75 Å². The average Bonchev–Trinajstić information content (AvgIpc) is 3.10. The highest BCUT2D eigenvalue weighted by atomic mass is 16.5. The molecule has 0 saturated carbocycles. The fourth-order valence-corrected chi connectivity index (χ4v) is 6.61. The molecule has 1 rings (SSSR count). The Labute approximate surface area is 298 Å². The highest BCUT2D eigenvalue weighted by Crippen LogP contribution is 2.16. The summed E-state index contributed by atoms with van der Waals surface area (Å²) >= 11 is 0. The van der Waals surface area contributed by atoms with Gasteiger partial charge in [0.15, 0.2) is 6.61 Å². The van der Waals surface area contributed by atoms with E-state index in [9.17, 15) is 4.79 Å². The molecule has 1 aromatic rings. The maximum atomic E-state index is 13.3. The van der Waals surface area contributed by atoms with Gasteiger partial charge >= 0.3 is 0 Å². The molecule has 0 saturated heterocycles. The Morgan fingerprint density at radius 1 is 0.562 bits per heavy atom. The number of hydrogen-bond donors (Lipinski definition) is 2. The molecule has 0 aromatic heterocycles. The van der Waals surface area contributed by atoms with Gasteiger partial charge in [-0.3, -0.25) is 4.79 Å². The maximum Gasteiger partial charge on any atom is 0.260 e. The molecule has 5 heteroatoms. The standard InChI is InChI=1S/C43H80N2O3/c1-3-5-7-9-11-13-15-17-19-21-23-25-27-29-36-45(37-30-28-26-24-22-20-18-16-14-12-10-8-6-4-2)43(47)40-48-42-33-31-41(32-34-42)39-44-35-38-46/h31-34,44,46H,3-30,35-40H2,1-2H3. The van der Waals surface area contributed by atoms with Crippen LogP contribution in [0.4, 0.5) is 0 Å². The second-order valence-electron chi connectivity index (χ2n) is 14.4. The molecule has 280 valence electrons. The predicted octanol–water partition coefficient (Wildman–Crippen LogP) is 11.9. The van der Waals surface area contributed by atoms with Crippen LogP contribution in [-0.4, -0.2) is 48.8 Å². The van der Waals surface area contributed by atoms with Crippen molar-refractivity contribution in [3.63, 3.8) is 0 Å². The van der Waals surface area contributed by atoms with Crippen LogP contribution in [0.15, 0.2) is 24.3 Å². The molecule has 1 amide bonds. The molecule has 0 unspecified atom stereocenters. The van der Waals surface area contributed by atoms with Crippen molar-refractivity contribution in [1.82, 2.24) is 10.2 Å². The lowest BCUT2D eigenvalue weighted by atomic mass is 10.0. The first-order valence-electron chi connectivity index (χ1n) is 21.0. The largest absolute Gasteiger partial charge is 0.484 e. The molecule has 0 aliphatic rings. The van der Waals surface area contributed by atoms with Crippen molar-refractivity contribution >= 4 is 5.91 Å². The van der Waals surface area contributed by atoms with Gasteiger partial charge in [-0.2, -0.15) is 0 Å². The number of nitrogens with zero attached hydrogens (tertiary/aromatic N) is 1. The Bertz CT molecular complexity index is 768. The molecule has 0 heterocycles. The smallest absolute Gasteiger partial charge is 0.260 e. The van der Waals surface area contributed by atoms with Crippen LogP contribution in [0.25, 0.3) is 0 Å². The molecule has 0 spiro atoms. The fourth-order valence-electron chi connectivity index (χ4n) is 6.61. The average molecular weight is 673 g/mol. The molecule has 0 bridgehead atoms. The number of carbonyl (C=O) groups is 1. The number of benzene rings is 1. The number of carbonyl (C=O) groups excluding carboxylic acids is 1. The van der Waals surface area contributed by atoms with Crippen LogP contribution in [0.2, 0.25) is 0 Å². The Morgan fingerprint density at radius 2 is 0.917 bits per heavy atom. The van der Waals surface area contributed by atoms with Crippen molar-refractivity contribution in [2.24, 2.45) is 0 Å². The van der Waals surface area contributed by atoms with Gasteiger partial charge in [0, 0.05) is 26.2 Å². The quantitative estimate of drug-likeness (QED) is 0.0691. The number of aliphatic hydroxyl groups is 1. The summed E-state index contributed by atoms with van der Waals surface area (Å²) in [5, 5.41) is 12.1. The summed E-state index contributed by atoms with van der Waals surface area (Å²) in [4.78, 5) is 15.3. The molecular formula is C43H80N2O3. The Balaban J connectivity index is 2.27. The molecule has 5 nitrogen and oxygen atoms in total. The van der Waals surface area contributed by atoms with E-state index in [1.807, 2.05) is 24.3 Å². The van der Waals surface area contributed by atoms with Crippen LogP contribution in [0, 0.1) is 0 Å². The monoisotopic (exact) mass is 673 g/mol. The zero-order valence-corrected chi connectivity index (χ0v) is 32.1. The van der Waals surface area contributed by atoms with Crippen molar-refractivity contribution in [1.29, 1.82) is 0 Å². The lowest BCUT2D eigenvalue weighted by Crippen LogP contribution is -2.36. The molecule has 0 aliphatic heterocycles. The number of amides is 1. The first-order valence-corrected chi connectivity index (χ1v) is 21.0. The summed E-state index contributed by atoms with van der Waals surface area (Å²) in [6.07, 6.45) is 37.9. The SMILES string of the molecule is CCCCCCCCCCCCCCCCN(CCCCCCCCCCCCCCCC)C(=O)COc1ccc(CNCCO)cc1. The second-order valence-corrected chi connectivity index (χ2v) is 14.4. The second kappa shape index (κ2) is 35.2. The molecule has 0 aliphatic carbocycles. The van der Waals surface area contributed by atoms with E-state index in [0.29, 0.717) is 13.1 Å². The van der Waals surface area contributed by atoms with Crippen LogP contribution < -0.4 is 10.1 Å². The third kappa shape index (κ3) is 28.3. The Morgan fingerprint density at radius 3 is 1.27 bits per heavy atom. The van der Waals surface area contributed by atoms with Crippen LogP contribution in [0.5, 0.6) is 5.75 Å². The van der Waals surface area contributed by atoms with E-state index in [2.05, 4.69) is 24.1 Å². The van der Waals surface area contributed by atoms with Gasteiger partial charge in [0.25, 0.3) is 5.91 Å². The van der Waals surface area contributed by atoms with E-state index < -0.39 is 0 Å². The molecular weight excluding hydrogens is 592 g/mol. The van der Waals surface area contributed by atoms with Gasteiger partial charge in [-0.1, -0.05) is 193 Å². The van der Waals surface area contributed by atoms with Crippen molar-refractivity contribution in [3.05, 3.63) is 29.8 Å². The highest BCUT2D eigenvalue weighted by Gasteiger charge is 2.14. The molecule has 2 N–H and O–H groups in total. The van der Waals surface area contributed by atoms with Gasteiger partial charge in [0.05, 0.1) is 6.61 Å². The van der Waals surface area contributed by atoms with Gasteiger partial charge in [0.2, 0.25) is 0 Å². The summed E-state index contributed by atoms with van der Waals surface area (Å²) in [5.74, 6) is 0.857. The van der Waals surface area contributed by atoms with E-state index in [1.54, 1.807) is 0 Å². The van der Waals surface area contributed by atoms with E-state index in [-0.39, 0.29) is 19.1 Å². The Hall–Kier alpha value is -1.59. The van der Waals surface area contributed by atoms with Gasteiger partial charge in [-0.05, 0) is 30.5 Å². The zero-order chi connectivity index (χ0) is 34.6. The van der Waals surface area contributed by atoms with Gasteiger partial charge < -0.3 is 20.1 Å². The minimum Gasteiger partial charge on any atom is -0.484 e. The van der Waals surface area contributed by atoms with Crippen LogP contribution in [-0.2, 0) is 11.3 Å². The number of nitrogens with one attached hydrogen (secondary N) is 1. The van der Waals surface area contributed by atoms with Crippen LogP contribution in [0.1, 0.15) is 199 Å². The third-order valence-electron chi connectivity index (χ3n) is 9.82. The van der Waals surface area contributed by atoms with Crippen molar-refractivity contribution in [2.45, 2.75) is 200 Å². The summed E-state index contributed by atoms with van der Waals surface area (Å²) in [6, 6.07) is 7.92. The Kier molecular flexibility index (Phi) is 32.6. The minimum absolute atomic E-state index is 0.110. The van der Waals surface area contributed by atoms with Crippen molar-refractivity contribution < 1.29 is 14.6 Å². The van der Waals surface area contributed by atoms with E-state index in [4.69, 9.17) is 9.84 Å². The van der Waals surface area contributed by atoms with Crippen LogP contribution in [0.3, 0.4) is 0 Å². The summed E-state index contributed by atoms with van der Waals surface area (Å²) in [7, 11) is 0. The molecule has 48 heavy (non-hydrogen) atoms. The number of hydrogen-bond acceptors (Lipinski definition) is 4. The number of aliphatic hydroxyl groups excluding tert-OH is 1. The lowest BCUT2D eigenvalue weighted by molar-refractivity contribution is -0.133. The number of ether oxygens (including phenoxy) is 1. The third-order valence-corrected chi connectivity index (χ3v) is 9.82. The summed E-state index contributed by atoms with van der Waals surface area (Å²) in [6.45, 7) is 7.83. The minimum atomic E-state index is 0.110. The predicted molar refractivity (Wildman–Crippen MR) is 208 cm³/mol. The maximum absolute atomic E-state index is 13.3. The molecule has 0 radical (unpaired) electrons. The number of rotatable bonds is 37. The van der Waals surface area contributed by atoms with Gasteiger partial charge in [0.1, 0.15) is 5.75 Å². The normalized spacial score (nSPS) is 11.3. The summed E-state index contributed by atoms with van der Waals surface area (Å²) < 4.78 is 5.93. The lowest BCUT2D eigenvalue weighted by Gasteiger charge is -2.23.